The highest BCUT2D eigenvalue weighted by Gasteiger charge is 2.28. The summed E-state index contributed by atoms with van der Waals surface area (Å²) in [5, 5.41) is 18.7. The number of carboxylic acids is 1. The first-order valence-corrected chi connectivity index (χ1v) is 25.2. The van der Waals surface area contributed by atoms with Crippen molar-refractivity contribution in [3.05, 3.63) is 48.6 Å². The summed E-state index contributed by atoms with van der Waals surface area (Å²) in [4.78, 5) is 46.0. The zero-order chi connectivity index (χ0) is 45.1. The quantitative estimate of drug-likeness (QED) is 0.0196. The SMILES string of the molecule is CCCCCCCCCCCCCCCCCCCCCC(=O)OC[C@H](COP(=O)(O)OC[C@H](N)C(=O)O)OC(=O)CCC/C=C\C/C=C\C/C=C\C/C=C\[C@H](O)CCCC. The first-order valence-electron chi connectivity index (χ1n) is 23.8. The summed E-state index contributed by atoms with van der Waals surface area (Å²) in [6.07, 6.45) is 45.2. The minimum Gasteiger partial charge on any atom is -0.480 e. The summed E-state index contributed by atoms with van der Waals surface area (Å²) >= 11 is 0. The fourth-order valence-corrected chi connectivity index (χ4v) is 7.15. The Morgan fingerprint density at radius 3 is 1.52 bits per heavy atom. The van der Waals surface area contributed by atoms with E-state index in [9.17, 15) is 28.9 Å². The number of esters is 2. The fraction of sp³-hybridized carbons (Fsp3) is 0.771. The van der Waals surface area contributed by atoms with Crippen molar-refractivity contribution >= 4 is 25.7 Å². The highest BCUT2D eigenvalue weighted by molar-refractivity contribution is 7.47. The van der Waals surface area contributed by atoms with E-state index in [1.54, 1.807) is 0 Å². The number of aliphatic carboxylic acids is 1. The number of ether oxygens (including phenoxy) is 2. The average Bonchev–Trinajstić information content (AvgIpc) is 3.23. The molecule has 4 atom stereocenters. The van der Waals surface area contributed by atoms with Crippen molar-refractivity contribution < 1.29 is 52.6 Å². The Kier molecular flexibility index (Phi) is 40.9. The van der Waals surface area contributed by atoms with Crippen LogP contribution in [0.1, 0.15) is 200 Å². The van der Waals surface area contributed by atoms with E-state index < -0.39 is 51.1 Å². The Morgan fingerprint density at radius 1 is 0.574 bits per heavy atom. The van der Waals surface area contributed by atoms with E-state index in [-0.39, 0.29) is 25.6 Å². The van der Waals surface area contributed by atoms with Gasteiger partial charge in [0.1, 0.15) is 12.6 Å². The molecule has 0 aromatic carbocycles. The minimum atomic E-state index is -4.74. The second-order valence-electron chi connectivity index (χ2n) is 16.1. The fourth-order valence-electron chi connectivity index (χ4n) is 6.37. The number of hydrogen-bond donors (Lipinski definition) is 4. The second-order valence-corrected chi connectivity index (χ2v) is 17.5. The molecule has 0 saturated carbocycles. The summed E-state index contributed by atoms with van der Waals surface area (Å²) < 4.78 is 32.7. The molecule has 0 spiro atoms. The molecule has 5 N–H and O–H groups in total. The molecule has 0 aliphatic rings. The Bertz CT molecular complexity index is 1240. The van der Waals surface area contributed by atoms with Gasteiger partial charge in [-0.15, -0.1) is 0 Å². The number of phosphoric acid groups is 1. The number of carboxylic acid groups (broad SMARTS) is 1. The van der Waals surface area contributed by atoms with Crippen LogP contribution in [0.4, 0.5) is 0 Å². The number of unbranched alkanes of at least 4 members (excludes halogenated alkanes) is 20. The molecule has 0 radical (unpaired) electrons. The number of aliphatic hydroxyl groups excluding tert-OH is 1. The maximum absolute atomic E-state index is 12.6. The van der Waals surface area contributed by atoms with Crippen molar-refractivity contribution in [1.82, 2.24) is 0 Å². The normalized spacial score (nSPS) is 14.6. The van der Waals surface area contributed by atoms with E-state index in [0.717, 1.165) is 57.8 Å². The number of hydrogen-bond acceptors (Lipinski definition) is 10. The number of phosphoric ester groups is 1. The molecule has 0 amide bonds. The molecule has 0 fully saturated rings. The molecule has 0 aromatic rings. The maximum Gasteiger partial charge on any atom is 0.472 e. The van der Waals surface area contributed by atoms with Crippen molar-refractivity contribution in [2.75, 3.05) is 19.8 Å². The van der Waals surface area contributed by atoms with Gasteiger partial charge in [-0.1, -0.05) is 191 Å². The van der Waals surface area contributed by atoms with Crippen LogP contribution >= 0.6 is 7.82 Å². The van der Waals surface area contributed by atoms with E-state index in [1.165, 1.54) is 96.3 Å². The molecule has 1 unspecified atom stereocenters. The predicted octanol–water partition coefficient (Wildman–Crippen LogP) is 11.9. The lowest BCUT2D eigenvalue weighted by atomic mass is 10.0. The third-order valence-corrected chi connectivity index (χ3v) is 11.1. The molecule has 0 aliphatic heterocycles. The molecular formula is C48H86NO11P. The van der Waals surface area contributed by atoms with E-state index in [1.807, 2.05) is 24.3 Å². The molecule has 0 rings (SSSR count). The van der Waals surface area contributed by atoms with Gasteiger partial charge >= 0.3 is 25.7 Å². The topological polar surface area (TPSA) is 192 Å². The van der Waals surface area contributed by atoms with E-state index in [0.29, 0.717) is 19.3 Å². The average molecular weight is 884 g/mol. The van der Waals surface area contributed by atoms with Gasteiger partial charge in [0.05, 0.1) is 19.3 Å². The molecule has 0 aliphatic carbocycles. The summed E-state index contributed by atoms with van der Waals surface area (Å²) in [6, 6.07) is -1.54. The van der Waals surface area contributed by atoms with Gasteiger partial charge in [0.2, 0.25) is 0 Å². The highest BCUT2D eigenvalue weighted by Crippen LogP contribution is 2.43. The Hall–Kier alpha value is -2.60. The van der Waals surface area contributed by atoms with Crippen molar-refractivity contribution in [2.45, 2.75) is 218 Å². The second kappa shape index (κ2) is 42.7. The molecule has 12 nitrogen and oxygen atoms in total. The molecular weight excluding hydrogens is 797 g/mol. The Labute approximate surface area is 369 Å². The van der Waals surface area contributed by atoms with Crippen LogP contribution in [0, 0.1) is 0 Å². The molecule has 61 heavy (non-hydrogen) atoms. The largest absolute Gasteiger partial charge is 0.480 e. The summed E-state index contributed by atoms with van der Waals surface area (Å²) in [6.45, 7) is 2.61. The van der Waals surface area contributed by atoms with E-state index in [2.05, 4.69) is 42.7 Å². The summed E-state index contributed by atoms with van der Waals surface area (Å²) in [7, 11) is -4.74. The maximum atomic E-state index is 12.6. The lowest BCUT2D eigenvalue weighted by Gasteiger charge is -2.20. The molecule has 0 aromatic heterocycles. The van der Waals surface area contributed by atoms with Crippen molar-refractivity contribution in [2.24, 2.45) is 5.73 Å². The number of allylic oxidation sites excluding steroid dienone is 7. The third-order valence-electron chi connectivity index (χ3n) is 10.2. The molecule has 354 valence electrons. The van der Waals surface area contributed by atoms with Crippen LogP contribution in [0.15, 0.2) is 48.6 Å². The predicted molar refractivity (Wildman–Crippen MR) is 246 cm³/mol. The van der Waals surface area contributed by atoms with Crippen molar-refractivity contribution in [3.63, 3.8) is 0 Å². The Balaban J connectivity index is 4.39. The van der Waals surface area contributed by atoms with Crippen LogP contribution in [0.5, 0.6) is 0 Å². The van der Waals surface area contributed by atoms with Gasteiger partial charge in [-0.2, -0.15) is 0 Å². The number of rotatable bonds is 44. The molecule has 13 heteroatoms. The van der Waals surface area contributed by atoms with Gasteiger partial charge in [0.25, 0.3) is 0 Å². The van der Waals surface area contributed by atoms with Crippen LogP contribution in [0.25, 0.3) is 0 Å². The first kappa shape index (κ1) is 58.4. The van der Waals surface area contributed by atoms with E-state index >= 15 is 0 Å². The van der Waals surface area contributed by atoms with E-state index in [4.69, 9.17) is 24.8 Å². The molecule has 0 saturated heterocycles. The van der Waals surface area contributed by atoms with Gasteiger partial charge in [0, 0.05) is 12.8 Å². The zero-order valence-corrected chi connectivity index (χ0v) is 39.0. The monoisotopic (exact) mass is 884 g/mol. The van der Waals surface area contributed by atoms with Crippen LogP contribution in [0.3, 0.4) is 0 Å². The summed E-state index contributed by atoms with van der Waals surface area (Å²) in [5.74, 6) is -2.47. The van der Waals surface area contributed by atoms with Crippen LogP contribution in [0.2, 0.25) is 0 Å². The highest BCUT2D eigenvalue weighted by atomic mass is 31.2. The number of nitrogens with two attached hydrogens (primary N) is 1. The lowest BCUT2D eigenvalue weighted by Crippen LogP contribution is -2.34. The van der Waals surface area contributed by atoms with Crippen LogP contribution in [-0.4, -0.2) is 71.1 Å². The van der Waals surface area contributed by atoms with Crippen LogP contribution < -0.4 is 5.73 Å². The van der Waals surface area contributed by atoms with Crippen molar-refractivity contribution in [3.8, 4) is 0 Å². The third kappa shape index (κ3) is 42.5. The Morgan fingerprint density at radius 2 is 1.02 bits per heavy atom. The van der Waals surface area contributed by atoms with Gasteiger partial charge in [-0.05, 0) is 44.9 Å². The molecule has 0 heterocycles. The number of aliphatic hydroxyl groups is 1. The van der Waals surface area contributed by atoms with Gasteiger partial charge < -0.3 is 30.3 Å². The standard InChI is InChI=1S/C48H86NO11P/c1-3-5-7-8-9-10-11-12-13-14-15-16-17-18-22-25-28-31-34-38-46(51)57-40-44(41-58-61(55,56)59-42-45(49)48(53)54)60-47(52)39-35-32-29-26-23-20-19-21-24-27-30-33-37-43(50)36-6-4-2/h19-20,24,26-27,29,33,37,43-45,50H,3-18,21-23,25,28,30-32,34-36,38-42,49H2,1-2H3,(H,53,54)(H,55,56)/b20-19-,27-24-,29-26-,37-33-/t43-,44-,45+/m1/s1. The zero-order valence-electron chi connectivity index (χ0n) is 38.1. The number of carbonyl (C=O) groups is 3. The smallest absolute Gasteiger partial charge is 0.472 e. The van der Waals surface area contributed by atoms with Gasteiger partial charge in [-0.3, -0.25) is 23.4 Å². The van der Waals surface area contributed by atoms with Gasteiger partial charge in [0.15, 0.2) is 6.10 Å². The first-order chi connectivity index (χ1) is 29.5. The molecule has 0 bridgehead atoms. The van der Waals surface area contributed by atoms with Crippen molar-refractivity contribution in [1.29, 1.82) is 0 Å². The summed E-state index contributed by atoms with van der Waals surface area (Å²) in [5.41, 5.74) is 5.33. The minimum absolute atomic E-state index is 0.0691. The van der Waals surface area contributed by atoms with Gasteiger partial charge in [-0.25, -0.2) is 4.57 Å². The lowest BCUT2D eigenvalue weighted by molar-refractivity contribution is -0.161. The number of carbonyl (C=O) groups excluding carboxylic acids is 2. The van der Waals surface area contributed by atoms with Crippen LogP contribution in [-0.2, 0) is 37.5 Å².